The van der Waals surface area contributed by atoms with E-state index in [1.165, 1.54) is 11.4 Å². The molecule has 142 valence electrons. The summed E-state index contributed by atoms with van der Waals surface area (Å²) in [6, 6.07) is 13.2. The summed E-state index contributed by atoms with van der Waals surface area (Å²) in [4.78, 5) is 12.4. The topological polar surface area (TPSA) is 95.2 Å². The smallest absolute Gasteiger partial charge is 0.251 e. The highest BCUT2D eigenvalue weighted by Gasteiger charge is 2.14. The second kappa shape index (κ2) is 7.50. The molecular weight excluding hydrogens is 364 g/mol. The number of carbonyl (C=O) groups excluding carboxylic acids is 1. The molecule has 1 aromatic heterocycles. The fourth-order valence-corrected chi connectivity index (χ4v) is 3.28. The summed E-state index contributed by atoms with van der Waals surface area (Å²) in [7, 11) is -1.78. The summed E-state index contributed by atoms with van der Waals surface area (Å²) in [5, 5.41) is 11.2. The highest BCUT2D eigenvalue weighted by atomic mass is 32.2. The van der Waals surface area contributed by atoms with Crippen molar-refractivity contribution in [3.63, 3.8) is 0 Å². The average Bonchev–Trinajstić information content (AvgIpc) is 3.06. The number of aromatic nitrogens is 2. The van der Waals surface area contributed by atoms with Crippen LogP contribution < -0.4 is 5.32 Å². The molecule has 27 heavy (non-hydrogen) atoms. The monoisotopic (exact) mass is 386 g/mol. The summed E-state index contributed by atoms with van der Waals surface area (Å²) < 4.78 is 24.0. The lowest BCUT2D eigenvalue weighted by molar-refractivity contribution is 0.0952. The van der Waals surface area contributed by atoms with Crippen molar-refractivity contribution in [2.75, 3.05) is 26.4 Å². The van der Waals surface area contributed by atoms with Gasteiger partial charge in [0, 0.05) is 36.7 Å². The molecule has 3 aromatic rings. The van der Waals surface area contributed by atoms with Crippen LogP contribution in [-0.2, 0) is 10.0 Å². The molecule has 2 aromatic carbocycles. The number of hydrogen-bond acceptors (Lipinski definition) is 4. The van der Waals surface area contributed by atoms with Gasteiger partial charge in [0.05, 0.1) is 11.8 Å². The average molecular weight is 386 g/mol. The molecule has 0 saturated heterocycles. The van der Waals surface area contributed by atoms with E-state index in [4.69, 9.17) is 0 Å². The summed E-state index contributed by atoms with van der Waals surface area (Å²) in [6.07, 6.45) is 1.13. The van der Waals surface area contributed by atoms with Gasteiger partial charge in [-0.1, -0.05) is 24.3 Å². The molecule has 0 bridgehead atoms. The highest BCUT2D eigenvalue weighted by molar-refractivity contribution is 7.88. The van der Waals surface area contributed by atoms with Crippen molar-refractivity contribution in [2.24, 2.45) is 0 Å². The van der Waals surface area contributed by atoms with Gasteiger partial charge in [-0.3, -0.25) is 9.89 Å². The minimum absolute atomic E-state index is 0.216. The standard InChI is InChI=1S/C19H22N4O3S/c1-13-6-4-9-16-17(13)18(22-21-16)14-7-5-8-15(12-14)19(24)20-10-11-23(2)27(3,25)26/h4-9,12H,10-11H2,1-3H3,(H,20,24)(H,21,22). The zero-order valence-electron chi connectivity index (χ0n) is 15.5. The molecule has 0 aliphatic carbocycles. The molecule has 0 spiro atoms. The summed E-state index contributed by atoms with van der Waals surface area (Å²) in [5.41, 5.74) is 4.20. The van der Waals surface area contributed by atoms with Gasteiger partial charge >= 0.3 is 0 Å². The number of benzene rings is 2. The van der Waals surface area contributed by atoms with Gasteiger partial charge in [0.25, 0.3) is 5.91 Å². The Morgan fingerprint density at radius 1 is 1.22 bits per heavy atom. The molecule has 0 saturated carbocycles. The van der Waals surface area contributed by atoms with Crippen molar-refractivity contribution in [1.29, 1.82) is 0 Å². The Labute approximate surface area is 158 Å². The Morgan fingerprint density at radius 2 is 1.96 bits per heavy atom. The van der Waals surface area contributed by atoms with Crippen LogP contribution in [0.15, 0.2) is 42.5 Å². The predicted octanol–water partition coefficient (Wildman–Crippen LogP) is 2.16. The third kappa shape index (κ3) is 4.17. The van der Waals surface area contributed by atoms with Crippen molar-refractivity contribution in [1.82, 2.24) is 19.8 Å². The molecular formula is C19H22N4O3S. The number of H-pyrrole nitrogens is 1. The van der Waals surface area contributed by atoms with Crippen LogP contribution in [0.25, 0.3) is 22.2 Å². The van der Waals surface area contributed by atoms with Crippen molar-refractivity contribution < 1.29 is 13.2 Å². The number of amides is 1. The van der Waals surface area contributed by atoms with Gasteiger partial charge in [0.2, 0.25) is 10.0 Å². The van der Waals surface area contributed by atoms with Crippen molar-refractivity contribution in [3.05, 3.63) is 53.6 Å². The maximum absolute atomic E-state index is 12.4. The number of aryl methyl sites for hydroxylation is 1. The maximum atomic E-state index is 12.4. The molecule has 0 fully saturated rings. The quantitative estimate of drug-likeness (QED) is 0.679. The van der Waals surface area contributed by atoms with Gasteiger partial charge in [0.15, 0.2) is 0 Å². The van der Waals surface area contributed by atoms with E-state index in [0.29, 0.717) is 5.56 Å². The lowest BCUT2D eigenvalue weighted by Gasteiger charge is -2.14. The molecule has 1 amide bonds. The molecule has 0 unspecified atom stereocenters. The molecule has 1 heterocycles. The Bertz CT molecular complexity index is 1090. The first kappa shape index (κ1) is 19.1. The van der Waals surface area contributed by atoms with Crippen molar-refractivity contribution in [2.45, 2.75) is 6.92 Å². The fourth-order valence-electron chi connectivity index (χ4n) is 2.86. The Morgan fingerprint density at radius 3 is 2.70 bits per heavy atom. The summed E-state index contributed by atoms with van der Waals surface area (Å²) in [5.74, 6) is -0.254. The first-order valence-corrected chi connectivity index (χ1v) is 10.4. The van der Waals surface area contributed by atoms with Crippen LogP contribution in [0.4, 0.5) is 0 Å². The Hall–Kier alpha value is -2.71. The van der Waals surface area contributed by atoms with Gasteiger partial charge in [0.1, 0.15) is 5.69 Å². The van der Waals surface area contributed by atoms with E-state index in [2.05, 4.69) is 15.5 Å². The zero-order chi connectivity index (χ0) is 19.6. The van der Waals surface area contributed by atoms with Gasteiger partial charge in [-0.2, -0.15) is 5.10 Å². The van der Waals surface area contributed by atoms with Crippen molar-refractivity contribution in [3.8, 4) is 11.3 Å². The van der Waals surface area contributed by atoms with E-state index in [0.717, 1.165) is 34.0 Å². The number of rotatable bonds is 6. The molecule has 0 aliphatic rings. The van der Waals surface area contributed by atoms with Gasteiger partial charge < -0.3 is 5.32 Å². The van der Waals surface area contributed by atoms with Crippen molar-refractivity contribution >= 4 is 26.8 Å². The number of carbonyl (C=O) groups is 1. The maximum Gasteiger partial charge on any atom is 0.251 e. The molecule has 0 aliphatic heterocycles. The molecule has 3 rings (SSSR count). The molecule has 0 atom stereocenters. The lowest BCUT2D eigenvalue weighted by Crippen LogP contribution is -2.35. The fraction of sp³-hybridized carbons (Fsp3) is 0.263. The SMILES string of the molecule is Cc1cccc2[nH]nc(-c3cccc(C(=O)NCCN(C)S(C)(=O)=O)c3)c12. The van der Waals surface area contributed by atoms with E-state index in [1.807, 2.05) is 37.3 Å². The molecule has 8 heteroatoms. The van der Waals surface area contributed by atoms with Crippen LogP contribution >= 0.6 is 0 Å². The summed E-state index contributed by atoms with van der Waals surface area (Å²) in [6.45, 7) is 2.47. The first-order valence-electron chi connectivity index (χ1n) is 8.51. The largest absolute Gasteiger partial charge is 0.351 e. The summed E-state index contributed by atoms with van der Waals surface area (Å²) >= 11 is 0. The van der Waals surface area contributed by atoms with Crippen LogP contribution in [0, 0.1) is 6.92 Å². The molecule has 7 nitrogen and oxygen atoms in total. The third-order valence-corrected chi connectivity index (χ3v) is 5.79. The van der Waals surface area contributed by atoms with Crippen LogP contribution in [0.3, 0.4) is 0 Å². The third-order valence-electron chi connectivity index (χ3n) is 4.47. The van der Waals surface area contributed by atoms with E-state index < -0.39 is 10.0 Å². The van der Waals surface area contributed by atoms with Gasteiger partial charge in [-0.15, -0.1) is 0 Å². The highest BCUT2D eigenvalue weighted by Crippen LogP contribution is 2.29. The molecule has 0 radical (unpaired) electrons. The minimum Gasteiger partial charge on any atom is -0.351 e. The zero-order valence-corrected chi connectivity index (χ0v) is 16.3. The predicted molar refractivity (Wildman–Crippen MR) is 106 cm³/mol. The Kier molecular flexibility index (Phi) is 5.29. The number of fused-ring (bicyclic) bond motifs is 1. The second-order valence-electron chi connectivity index (χ2n) is 6.49. The second-order valence-corrected chi connectivity index (χ2v) is 8.58. The number of aromatic amines is 1. The normalized spacial score (nSPS) is 11.9. The lowest BCUT2D eigenvalue weighted by atomic mass is 10.0. The minimum atomic E-state index is -3.26. The number of likely N-dealkylation sites (N-methyl/N-ethyl adjacent to an activating group) is 1. The number of sulfonamides is 1. The number of nitrogens with zero attached hydrogens (tertiary/aromatic N) is 2. The van der Waals surface area contributed by atoms with E-state index in [-0.39, 0.29) is 19.0 Å². The first-order chi connectivity index (χ1) is 12.8. The Balaban J connectivity index is 1.78. The van der Waals surface area contributed by atoms with E-state index >= 15 is 0 Å². The number of hydrogen-bond donors (Lipinski definition) is 2. The van der Waals surface area contributed by atoms with Crippen LogP contribution in [-0.4, -0.2) is 55.2 Å². The van der Waals surface area contributed by atoms with Gasteiger partial charge in [-0.25, -0.2) is 12.7 Å². The van der Waals surface area contributed by atoms with Gasteiger partial charge in [-0.05, 0) is 30.7 Å². The van der Waals surface area contributed by atoms with Crippen LogP contribution in [0.2, 0.25) is 0 Å². The van der Waals surface area contributed by atoms with Crippen LogP contribution in [0.1, 0.15) is 15.9 Å². The van der Waals surface area contributed by atoms with E-state index in [9.17, 15) is 13.2 Å². The van der Waals surface area contributed by atoms with E-state index in [1.54, 1.807) is 12.1 Å². The molecule has 2 N–H and O–H groups in total. The van der Waals surface area contributed by atoms with Crippen LogP contribution in [0.5, 0.6) is 0 Å². The number of nitrogens with one attached hydrogen (secondary N) is 2.